The predicted molar refractivity (Wildman–Crippen MR) is 280 cm³/mol. The van der Waals surface area contributed by atoms with Crippen molar-refractivity contribution in [2.24, 2.45) is 0 Å². The van der Waals surface area contributed by atoms with Crippen molar-refractivity contribution in [3.05, 3.63) is 184 Å². The fourth-order valence-electron chi connectivity index (χ4n) is 6.81. The Bertz CT molecular complexity index is 3610. The molecule has 26 heteroatoms. The average Bonchev–Trinajstić information content (AvgIpc) is 4.02. The minimum atomic E-state index is -4.56. The Hall–Kier alpha value is -6.80. The number of halogens is 9. The summed E-state index contributed by atoms with van der Waals surface area (Å²) in [6.07, 6.45) is -4.15. The van der Waals surface area contributed by atoms with E-state index in [2.05, 4.69) is 25.9 Å². The largest absolute Gasteiger partial charge is 0.488 e. The van der Waals surface area contributed by atoms with Gasteiger partial charge in [0, 0.05) is 51.9 Å². The molecule has 0 unspecified atom stereocenters. The number of hydrogen-bond acceptors (Lipinski definition) is 10. The molecule has 8 rings (SSSR count). The third-order valence-electron chi connectivity index (χ3n) is 10.4. The zero-order chi connectivity index (χ0) is 55.8. The van der Waals surface area contributed by atoms with Crippen LogP contribution in [0.15, 0.2) is 172 Å². The Morgan fingerprint density at radius 3 is 1.39 bits per heavy atom. The molecule has 0 bridgehead atoms. The van der Waals surface area contributed by atoms with E-state index in [1.54, 1.807) is 124 Å². The number of hydrogen-bond donors (Lipinski definition) is 4. The van der Waals surface area contributed by atoms with Crippen molar-refractivity contribution in [3.8, 4) is 45.3 Å². The fraction of sp³-hybridized carbons (Fsp3) is 0.120. The summed E-state index contributed by atoms with van der Waals surface area (Å²) < 4.78 is 125. The first-order valence-corrected chi connectivity index (χ1v) is 27.1. The molecule has 8 aromatic rings. The van der Waals surface area contributed by atoms with Gasteiger partial charge in [0.1, 0.15) is 36.1 Å². The summed E-state index contributed by atoms with van der Waals surface area (Å²) in [5.74, 6) is -1.28. The van der Waals surface area contributed by atoms with Crippen LogP contribution in [-0.2, 0) is 19.7 Å². The molecular weight excluding hydrogens is 1150 g/mol. The van der Waals surface area contributed by atoms with Gasteiger partial charge in [0.25, 0.3) is 11.8 Å². The molecule has 0 saturated heterocycles. The van der Waals surface area contributed by atoms with E-state index in [0.717, 1.165) is 22.5 Å². The van der Waals surface area contributed by atoms with E-state index in [9.17, 15) is 52.8 Å². The minimum absolute atomic E-state index is 0.0816. The Kier molecular flexibility index (Phi) is 18.8. The Labute approximate surface area is 450 Å². The second-order valence-electron chi connectivity index (χ2n) is 16.2. The molecule has 0 aliphatic heterocycles. The third-order valence-corrected chi connectivity index (χ3v) is 13.8. The maximum absolute atomic E-state index is 12.6. The first-order chi connectivity index (χ1) is 35.6. The number of amides is 2. The Morgan fingerprint density at radius 2 is 0.987 bits per heavy atom. The molecule has 76 heavy (non-hydrogen) atoms. The SMILES string of the molecule is CS(=O)(=O)c1cccc(-c2ccc(-n3cc(C(=O)NCC(F)(F)F)nc3-c3ccccc3Cl)cc2)c1.CS(=O)(=O)c1cccc(B(O)O)c1.O=C(NCC(F)(F)F)c1cn(-c2ccc(Br)cc2)c(-c2ccccc2Cl)n1. The summed E-state index contributed by atoms with van der Waals surface area (Å²) in [6, 6.07) is 39.8. The van der Waals surface area contributed by atoms with E-state index in [1.165, 1.54) is 42.7 Å². The molecule has 0 atom stereocenters. The molecule has 396 valence electrons. The number of rotatable bonds is 12. The molecular formula is C50H40BBrCl2F6N6O8S2. The van der Waals surface area contributed by atoms with Crippen LogP contribution in [0.1, 0.15) is 21.0 Å². The average molecular weight is 1190 g/mol. The highest BCUT2D eigenvalue weighted by atomic mass is 79.9. The van der Waals surface area contributed by atoms with Crippen molar-refractivity contribution >= 4 is 83.2 Å². The molecule has 6 aromatic carbocycles. The van der Waals surface area contributed by atoms with Crippen LogP contribution in [0.4, 0.5) is 26.3 Å². The lowest BCUT2D eigenvalue weighted by molar-refractivity contribution is -0.123. The van der Waals surface area contributed by atoms with Crippen LogP contribution >= 0.6 is 39.1 Å². The molecule has 0 radical (unpaired) electrons. The van der Waals surface area contributed by atoms with E-state index in [4.69, 9.17) is 33.2 Å². The van der Waals surface area contributed by atoms with Crippen molar-refractivity contribution in [1.82, 2.24) is 29.7 Å². The summed E-state index contributed by atoms with van der Waals surface area (Å²) in [5, 5.41) is 22.0. The third kappa shape index (κ3) is 16.1. The molecule has 0 aliphatic carbocycles. The maximum atomic E-state index is 12.6. The highest BCUT2D eigenvalue weighted by Gasteiger charge is 2.30. The van der Waals surface area contributed by atoms with Gasteiger partial charge in [-0.1, -0.05) is 99.8 Å². The summed E-state index contributed by atoms with van der Waals surface area (Å²) >= 11 is 15.9. The first kappa shape index (κ1) is 58.5. The molecule has 4 N–H and O–H groups in total. The second kappa shape index (κ2) is 24.5. The highest BCUT2D eigenvalue weighted by molar-refractivity contribution is 9.10. The monoisotopic (exact) mass is 1190 g/mol. The molecule has 0 fully saturated rings. The lowest BCUT2D eigenvalue weighted by Crippen LogP contribution is -2.33. The van der Waals surface area contributed by atoms with Gasteiger partial charge in [-0.3, -0.25) is 18.7 Å². The number of alkyl halides is 6. The van der Waals surface area contributed by atoms with Gasteiger partial charge in [-0.15, -0.1) is 0 Å². The minimum Gasteiger partial charge on any atom is -0.423 e. The molecule has 14 nitrogen and oxygen atoms in total. The molecule has 2 heterocycles. The fourth-order valence-corrected chi connectivity index (χ4v) is 8.86. The quantitative estimate of drug-likeness (QED) is 0.0674. The van der Waals surface area contributed by atoms with Crippen molar-refractivity contribution in [2.75, 3.05) is 25.6 Å². The standard InChI is InChI=1S/C25H19ClF3N3O3S.C18H12BrClF3N3O.C7H9BO4S/c1-36(34,35)19-6-4-5-17(13-19)16-9-11-18(12-10-16)32-14-22(24(33)30-15-25(27,28)29)31-23(32)20-7-2-3-8-21(20)26;19-11-5-7-12(8-6-11)26-9-15(17(27)24-10-18(21,22)23)25-16(26)13-3-1-2-4-14(13)20;1-13(11,12)7-4-2-3-6(5-7)8(9)10/h2-14H,15H2,1H3,(H,30,33);1-9H,10H2,(H,24,27);2-5,9-10H,1H3. The van der Waals surface area contributed by atoms with Gasteiger partial charge >= 0.3 is 19.5 Å². The van der Waals surface area contributed by atoms with Crippen molar-refractivity contribution in [2.45, 2.75) is 22.1 Å². The van der Waals surface area contributed by atoms with E-state index in [0.29, 0.717) is 43.9 Å². The van der Waals surface area contributed by atoms with Crippen LogP contribution < -0.4 is 16.1 Å². The summed E-state index contributed by atoms with van der Waals surface area (Å²) in [7, 11) is -8.30. The van der Waals surface area contributed by atoms with Gasteiger partial charge in [-0.25, -0.2) is 26.8 Å². The van der Waals surface area contributed by atoms with Crippen molar-refractivity contribution < 1.29 is 62.8 Å². The van der Waals surface area contributed by atoms with Crippen LogP contribution in [0.5, 0.6) is 0 Å². The van der Waals surface area contributed by atoms with Gasteiger partial charge in [-0.05, 0) is 102 Å². The Morgan fingerprint density at radius 1 is 0.579 bits per heavy atom. The Balaban J connectivity index is 0.000000205. The number of nitrogens with one attached hydrogen (secondary N) is 2. The van der Waals surface area contributed by atoms with E-state index >= 15 is 0 Å². The number of benzene rings is 6. The zero-order valence-corrected chi connectivity index (χ0v) is 44.1. The zero-order valence-electron chi connectivity index (χ0n) is 39.4. The number of carbonyl (C=O) groups is 2. The summed E-state index contributed by atoms with van der Waals surface area (Å²) in [6.45, 7) is -2.92. The van der Waals surface area contributed by atoms with Crippen LogP contribution in [0, 0.1) is 0 Å². The summed E-state index contributed by atoms with van der Waals surface area (Å²) in [4.78, 5) is 33.3. The van der Waals surface area contributed by atoms with Gasteiger partial charge in [0.2, 0.25) is 0 Å². The second-order valence-corrected chi connectivity index (χ2v) is 22.0. The normalized spacial score (nSPS) is 11.6. The van der Waals surface area contributed by atoms with Crippen molar-refractivity contribution in [3.63, 3.8) is 0 Å². The lowest BCUT2D eigenvalue weighted by atomic mass is 9.80. The molecule has 0 spiro atoms. The van der Waals surface area contributed by atoms with Crippen LogP contribution in [0.3, 0.4) is 0 Å². The number of nitrogens with zero attached hydrogens (tertiary/aromatic N) is 4. The van der Waals surface area contributed by atoms with E-state index < -0.39 is 64.0 Å². The van der Waals surface area contributed by atoms with Gasteiger partial charge < -0.3 is 20.7 Å². The molecule has 0 aliphatic rings. The highest BCUT2D eigenvalue weighted by Crippen LogP contribution is 2.32. The van der Waals surface area contributed by atoms with Gasteiger partial charge in [-0.2, -0.15) is 26.3 Å². The van der Waals surface area contributed by atoms with Crippen LogP contribution in [0.2, 0.25) is 10.0 Å². The van der Waals surface area contributed by atoms with Gasteiger partial charge in [0.15, 0.2) is 19.7 Å². The number of imidazole rings is 2. The van der Waals surface area contributed by atoms with Crippen molar-refractivity contribution in [1.29, 1.82) is 0 Å². The summed E-state index contributed by atoms with van der Waals surface area (Å²) in [5.41, 5.74) is 3.53. The number of sulfone groups is 2. The first-order valence-electron chi connectivity index (χ1n) is 21.8. The smallest absolute Gasteiger partial charge is 0.423 e. The predicted octanol–water partition coefficient (Wildman–Crippen LogP) is 9.57. The lowest BCUT2D eigenvalue weighted by Gasteiger charge is -2.10. The molecule has 2 amide bonds. The maximum Gasteiger partial charge on any atom is 0.488 e. The van der Waals surface area contributed by atoms with E-state index in [-0.39, 0.29) is 32.5 Å². The number of carbonyl (C=O) groups excluding carboxylic acids is 2. The molecule has 0 saturated carbocycles. The van der Waals surface area contributed by atoms with E-state index in [1.807, 2.05) is 10.6 Å². The topological polar surface area (TPSA) is 203 Å². The molecule has 2 aromatic heterocycles. The van der Waals surface area contributed by atoms with Crippen LogP contribution in [-0.4, -0.2) is 103 Å². The number of aromatic nitrogens is 4. The van der Waals surface area contributed by atoms with Crippen LogP contribution in [0.25, 0.3) is 45.3 Å². The van der Waals surface area contributed by atoms with Gasteiger partial charge in [0.05, 0.1) is 19.8 Å².